The average Bonchev–Trinajstić information content (AvgIpc) is 3.11. The maximum Gasteiger partial charge on any atom is 0.225 e. The Morgan fingerprint density at radius 2 is 1.84 bits per heavy atom. The topological polar surface area (TPSA) is 120 Å². The first kappa shape index (κ1) is 21.2. The SMILES string of the molecule is NC(=O)C1CCC(n2c(Nc3c(Cl)cccc3Cl)nc3cnc(NC4COC4)nc32)CC1. The lowest BCUT2D eigenvalue weighted by Gasteiger charge is -2.29. The number of ether oxygens (including phenoxy) is 1. The zero-order valence-corrected chi connectivity index (χ0v) is 18.7. The molecule has 2 fully saturated rings. The third-order valence-electron chi connectivity index (χ3n) is 6.07. The Hall–Kier alpha value is -2.62. The molecule has 0 spiro atoms. The molecular weight excluding hydrogens is 453 g/mol. The van der Waals surface area contributed by atoms with E-state index in [-0.39, 0.29) is 23.9 Å². The van der Waals surface area contributed by atoms with Crippen LogP contribution in [-0.4, -0.2) is 44.7 Å². The molecule has 32 heavy (non-hydrogen) atoms. The number of carbonyl (C=O) groups is 1. The molecule has 0 bridgehead atoms. The summed E-state index contributed by atoms with van der Waals surface area (Å²) in [5.74, 6) is 0.772. The Balaban J connectivity index is 1.54. The van der Waals surface area contributed by atoms with E-state index in [4.69, 9.17) is 43.6 Å². The van der Waals surface area contributed by atoms with Gasteiger partial charge in [0.1, 0.15) is 5.52 Å². The van der Waals surface area contributed by atoms with E-state index in [9.17, 15) is 4.79 Å². The van der Waals surface area contributed by atoms with Crippen molar-refractivity contribution >= 4 is 57.9 Å². The second-order valence-corrected chi connectivity index (χ2v) is 9.03. The predicted molar refractivity (Wildman–Crippen MR) is 123 cm³/mol. The van der Waals surface area contributed by atoms with Crippen LogP contribution in [0.3, 0.4) is 0 Å². The van der Waals surface area contributed by atoms with Crippen LogP contribution in [0.15, 0.2) is 24.4 Å². The summed E-state index contributed by atoms with van der Waals surface area (Å²) in [6, 6.07) is 5.62. The third-order valence-corrected chi connectivity index (χ3v) is 6.70. The van der Waals surface area contributed by atoms with Crippen LogP contribution in [-0.2, 0) is 9.53 Å². The van der Waals surface area contributed by atoms with Crippen molar-refractivity contribution in [1.82, 2.24) is 19.5 Å². The van der Waals surface area contributed by atoms with Crippen molar-refractivity contribution in [2.45, 2.75) is 37.8 Å². The largest absolute Gasteiger partial charge is 0.377 e. The van der Waals surface area contributed by atoms with Crippen molar-refractivity contribution in [3.05, 3.63) is 34.4 Å². The van der Waals surface area contributed by atoms with Gasteiger partial charge in [-0.15, -0.1) is 0 Å². The zero-order chi connectivity index (χ0) is 22.2. The van der Waals surface area contributed by atoms with Crippen LogP contribution in [0.5, 0.6) is 0 Å². The van der Waals surface area contributed by atoms with Gasteiger partial charge in [-0.2, -0.15) is 4.98 Å². The van der Waals surface area contributed by atoms with Crippen LogP contribution >= 0.6 is 23.2 Å². The molecule has 9 nitrogen and oxygen atoms in total. The molecule has 1 amide bonds. The van der Waals surface area contributed by atoms with Crippen LogP contribution < -0.4 is 16.4 Å². The molecule has 1 aromatic carbocycles. The van der Waals surface area contributed by atoms with E-state index in [0.717, 1.165) is 25.7 Å². The Morgan fingerprint density at radius 3 is 2.47 bits per heavy atom. The van der Waals surface area contributed by atoms with Gasteiger partial charge in [0.05, 0.1) is 41.2 Å². The first-order valence-electron chi connectivity index (χ1n) is 10.6. The molecule has 1 aliphatic carbocycles. The minimum absolute atomic E-state index is 0.0918. The summed E-state index contributed by atoms with van der Waals surface area (Å²) in [4.78, 5) is 25.6. The number of nitrogens with two attached hydrogens (primary N) is 1. The summed E-state index contributed by atoms with van der Waals surface area (Å²) in [6.07, 6.45) is 4.72. The molecule has 1 saturated carbocycles. The van der Waals surface area contributed by atoms with Crippen molar-refractivity contribution in [3.63, 3.8) is 0 Å². The second kappa shape index (κ2) is 8.73. The Morgan fingerprint density at radius 1 is 1.12 bits per heavy atom. The molecule has 168 valence electrons. The molecule has 11 heteroatoms. The number of nitrogens with one attached hydrogen (secondary N) is 2. The zero-order valence-electron chi connectivity index (χ0n) is 17.2. The number of aromatic nitrogens is 4. The van der Waals surface area contributed by atoms with Gasteiger partial charge in [-0.25, -0.2) is 9.97 Å². The van der Waals surface area contributed by atoms with Crippen LogP contribution in [0.1, 0.15) is 31.7 Å². The van der Waals surface area contributed by atoms with E-state index in [0.29, 0.717) is 52.0 Å². The minimum Gasteiger partial charge on any atom is -0.377 e. The van der Waals surface area contributed by atoms with Gasteiger partial charge >= 0.3 is 0 Å². The summed E-state index contributed by atoms with van der Waals surface area (Å²) in [5, 5.41) is 7.57. The van der Waals surface area contributed by atoms with E-state index >= 15 is 0 Å². The first-order chi connectivity index (χ1) is 15.5. The van der Waals surface area contributed by atoms with Gasteiger partial charge < -0.3 is 21.1 Å². The molecule has 0 radical (unpaired) electrons. The van der Waals surface area contributed by atoms with Gasteiger partial charge in [-0.05, 0) is 37.8 Å². The highest BCUT2D eigenvalue weighted by atomic mass is 35.5. The van der Waals surface area contributed by atoms with Gasteiger partial charge in [-0.3, -0.25) is 9.36 Å². The lowest BCUT2D eigenvalue weighted by Crippen LogP contribution is -2.40. The maximum absolute atomic E-state index is 11.6. The van der Waals surface area contributed by atoms with Gasteiger partial charge in [0, 0.05) is 12.0 Å². The van der Waals surface area contributed by atoms with Crippen LogP contribution in [0.25, 0.3) is 11.2 Å². The highest BCUT2D eigenvalue weighted by Gasteiger charge is 2.29. The number of para-hydroxylation sites is 1. The van der Waals surface area contributed by atoms with E-state index in [1.165, 1.54) is 0 Å². The number of rotatable bonds is 6. The van der Waals surface area contributed by atoms with Crippen molar-refractivity contribution in [1.29, 1.82) is 0 Å². The predicted octanol–water partition coefficient (Wildman–Crippen LogP) is 3.90. The number of primary amides is 1. The molecule has 2 aliphatic rings. The summed E-state index contributed by atoms with van der Waals surface area (Å²) in [5.41, 5.74) is 7.47. The number of fused-ring (bicyclic) bond motifs is 1. The van der Waals surface area contributed by atoms with Crippen LogP contribution in [0.2, 0.25) is 10.0 Å². The van der Waals surface area contributed by atoms with Gasteiger partial charge in [0.2, 0.25) is 17.8 Å². The van der Waals surface area contributed by atoms with Crippen molar-refractivity contribution < 1.29 is 9.53 Å². The van der Waals surface area contributed by atoms with Gasteiger partial charge in [-0.1, -0.05) is 29.3 Å². The molecule has 0 atom stereocenters. The summed E-state index contributed by atoms with van der Waals surface area (Å²) in [6.45, 7) is 1.27. The summed E-state index contributed by atoms with van der Waals surface area (Å²) in [7, 11) is 0. The molecule has 3 aromatic rings. The number of nitrogens with zero attached hydrogens (tertiary/aromatic N) is 4. The van der Waals surface area contributed by atoms with E-state index in [1.807, 2.05) is 0 Å². The van der Waals surface area contributed by atoms with Crippen LogP contribution in [0.4, 0.5) is 17.6 Å². The summed E-state index contributed by atoms with van der Waals surface area (Å²) >= 11 is 12.8. The number of carbonyl (C=O) groups excluding carboxylic acids is 1. The fraction of sp³-hybridized carbons (Fsp3) is 0.429. The van der Waals surface area contributed by atoms with Crippen LogP contribution in [0, 0.1) is 5.92 Å². The number of hydrogen-bond donors (Lipinski definition) is 3. The van der Waals surface area contributed by atoms with Gasteiger partial charge in [0.25, 0.3) is 0 Å². The normalized spacial score (nSPS) is 21.3. The van der Waals surface area contributed by atoms with E-state index < -0.39 is 0 Å². The Kier molecular flexibility index (Phi) is 5.79. The highest BCUT2D eigenvalue weighted by molar-refractivity contribution is 6.39. The minimum atomic E-state index is -0.239. The molecule has 3 heterocycles. The fourth-order valence-corrected chi connectivity index (χ4v) is 4.74. The molecule has 1 aliphatic heterocycles. The molecular formula is C21H23Cl2N7O2. The van der Waals surface area contributed by atoms with Crippen molar-refractivity contribution in [2.75, 3.05) is 23.8 Å². The highest BCUT2D eigenvalue weighted by Crippen LogP contribution is 2.39. The number of anilines is 3. The smallest absolute Gasteiger partial charge is 0.225 e. The number of imidazole rings is 1. The molecule has 5 rings (SSSR count). The lowest BCUT2D eigenvalue weighted by atomic mass is 9.85. The number of benzene rings is 1. The van der Waals surface area contributed by atoms with E-state index in [2.05, 4.69) is 20.2 Å². The van der Waals surface area contributed by atoms with E-state index in [1.54, 1.807) is 24.4 Å². The number of hydrogen-bond acceptors (Lipinski definition) is 7. The quantitative estimate of drug-likeness (QED) is 0.494. The monoisotopic (exact) mass is 475 g/mol. The molecule has 2 aromatic heterocycles. The lowest BCUT2D eigenvalue weighted by molar-refractivity contribution is -0.122. The standard InChI is InChI=1S/C21H23Cl2N7O2/c22-14-2-1-3-15(23)17(14)28-21-27-16-8-25-20(26-12-9-32-10-12)29-19(16)30(21)13-6-4-11(5-7-13)18(24)31/h1-3,8,11-13H,4-7,9-10H2,(H2,24,31)(H,27,28)(H,25,26,29). The summed E-state index contributed by atoms with van der Waals surface area (Å²) < 4.78 is 7.29. The third kappa shape index (κ3) is 4.07. The Labute approximate surface area is 194 Å². The van der Waals surface area contributed by atoms with Crippen molar-refractivity contribution in [3.8, 4) is 0 Å². The molecule has 1 saturated heterocycles. The number of amides is 1. The average molecular weight is 476 g/mol. The Bertz CT molecular complexity index is 1140. The fourth-order valence-electron chi connectivity index (χ4n) is 4.24. The van der Waals surface area contributed by atoms with Crippen molar-refractivity contribution in [2.24, 2.45) is 11.7 Å². The first-order valence-corrected chi connectivity index (χ1v) is 11.3. The molecule has 4 N–H and O–H groups in total. The second-order valence-electron chi connectivity index (χ2n) is 8.22. The maximum atomic E-state index is 11.6. The van der Waals surface area contributed by atoms with Gasteiger partial charge in [0.15, 0.2) is 5.65 Å². The number of halogens is 2. The molecule has 0 unspecified atom stereocenters.